The highest BCUT2D eigenvalue weighted by molar-refractivity contribution is 7.92. The lowest BCUT2D eigenvalue weighted by Gasteiger charge is -2.24. The largest absolute Gasteiger partial charge is 0.481 e. The summed E-state index contributed by atoms with van der Waals surface area (Å²) in [4.78, 5) is 25.3. The number of carboxylic acids is 1. The van der Waals surface area contributed by atoms with Gasteiger partial charge >= 0.3 is 5.97 Å². The van der Waals surface area contributed by atoms with E-state index in [1.54, 1.807) is 31.2 Å². The van der Waals surface area contributed by atoms with Crippen molar-refractivity contribution in [3.63, 3.8) is 0 Å². The summed E-state index contributed by atoms with van der Waals surface area (Å²) < 4.78 is 24.1. The Morgan fingerprint density at radius 2 is 1.91 bits per heavy atom. The Balaban J connectivity index is 2.21. The van der Waals surface area contributed by atoms with Crippen molar-refractivity contribution in [2.24, 2.45) is 5.41 Å². The predicted octanol–water partition coefficient (Wildman–Crippen LogP) is 0.965. The third-order valence-electron chi connectivity index (χ3n) is 4.36. The van der Waals surface area contributed by atoms with E-state index in [0.29, 0.717) is 6.42 Å². The molecule has 1 N–H and O–H groups in total. The summed E-state index contributed by atoms with van der Waals surface area (Å²) in [7, 11) is -3.60. The van der Waals surface area contributed by atoms with Gasteiger partial charge in [0.05, 0.1) is 5.41 Å². The smallest absolute Gasteiger partial charge is 0.311 e. The molecule has 1 fully saturated rings. The normalized spacial score (nSPS) is 22.8. The van der Waals surface area contributed by atoms with Crippen LogP contribution in [0.4, 0.5) is 0 Å². The van der Waals surface area contributed by atoms with E-state index in [4.69, 9.17) is 0 Å². The second-order valence-corrected chi connectivity index (χ2v) is 8.61. The molecule has 2 unspecified atom stereocenters. The fraction of sp³-hybridized carbons (Fsp3) is 0.500. The molecule has 1 aliphatic heterocycles. The van der Waals surface area contributed by atoms with Crippen molar-refractivity contribution in [1.82, 2.24) is 4.90 Å². The third kappa shape index (κ3) is 3.90. The average Bonchev–Trinajstić information content (AvgIpc) is 2.88. The Hall–Kier alpha value is -1.89. The van der Waals surface area contributed by atoms with Gasteiger partial charge in [-0.1, -0.05) is 30.3 Å². The molecule has 1 saturated heterocycles. The maximum atomic E-state index is 12.7. The summed E-state index contributed by atoms with van der Waals surface area (Å²) >= 11 is 0. The van der Waals surface area contributed by atoms with E-state index in [1.165, 1.54) is 4.90 Å². The Kier molecular flexibility index (Phi) is 4.79. The minimum atomic E-state index is -3.60. The van der Waals surface area contributed by atoms with E-state index in [2.05, 4.69) is 0 Å². The first-order chi connectivity index (χ1) is 10.6. The van der Waals surface area contributed by atoms with E-state index in [-0.39, 0.29) is 19.5 Å². The fourth-order valence-electron chi connectivity index (χ4n) is 2.78. The van der Waals surface area contributed by atoms with Gasteiger partial charge in [-0.2, -0.15) is 0 Å². The minimum absolute atomic E-state index is 0.0436. The van der Waals surface area contributed by atoms with Crippen molar-refractivity contribution >= 4 is 21.7 Å². The summed E-state index contributed by atoms with van der Waals surface area (Å²) in [5.74, 6) is -1.48. The third-order valence-corrected chi connectivity index (χ3v) is 5.76. The van der Waals surface area contributed by atoms with Gasteiger partial charge in [0, 0.05) is 19.3 Å². The molecule has 1 heterocycles. The number of rotatable bonds is 5. The molecule has 0 aliphatic carbocycles. The monoisotopic (exact) mass is 339 g/mol. The zero-order chi connectivity index (χ0) is 17.3. The molecular weight excluding hydrogens is 318 g/mol. The molecule has 1 aliphatic rings. The maximum absolute atomic E-state index is 12.7. The van der Waals surface area contributed by atoms with Crippen molar-refractivity contribution in [2.75, 3.05) is 19.3 Å². The second kappa shape index (κ2) is 6.31. The van der Waals surface area contributed by atoms with Crippen molar-refractivity contribution in [1.29, 1.82) is 0 Å². The lowest BCUT2D eigenvalue weighted by Crippen LogP contribution is -2.44. The molecular formula is C16H21NO5S. The predicted molar refractivity (Wildman–Crippen MR) is 85.7 cm³/mol. The van der Waals surface area contributed by atoms with Gasteiger partial charge in [0.2, 0.25) is 5.91 Å². The lowest BCUT2D eigenvalue weighted by atomic mass is 9.90. The SMILES string of the molecule is CC1(C(=O)O)CCN(C(=O)C(Cc2ccccc2)S(C)(=O)=O)C1. The molecule has 1 amide bonds. The Labute approximate surface area is 136 Å². The number of carboxylic acid groups (broad SMARTS) is 1. The van der Waals surface area contributed by atoms with Crippen LogP contribution < -0.4 is 0 Å². The molecule has 2 rings (SSSR count). The number of aliphatic carboxylic acids is 1. The standard InChI is InChI=1S/C16H21NO5S/c1-16(15(19)20)8-9-17(11-16)14(18)13(23(2,21)22)10-12-6-4-3-5-7-12/h3-7,13H,8-11H2,1-2H3,(H,19,20). The quantitative estimate of drug-likeness (QED) is 0.863. The number of benzene rings is 1. The Morgan fingerprint density at radius 3 is 2.39 bits per heavy atom. The topological polar surface area (TPSA) is 91.8 Å². The number of sulfone groups is 1. The second-order valence-electron chi connectivity index (χ2n) is 6.38. The zero-order valence-electron chi connectivity index (χ0n) is 13.2. The van der Waals surface area contributed by atoms with Crippen LogP contribution in [0.5, 0.6) is 0 Å². The van der Waals surface area contributed by atoms with Crippen LogP contribution in [-0.2, 0) is 25.8 Å². The Bertz CT molecular complexity index is 700. The molecule has 0 spiro atoms. The molecule has 126 valence electrons. The van der Waals surface area contributed by atoms with Gasteiger partial charge < -0.3 is 10.0 Å². The highest BCUT2D eigenvalue weighted by Gasteiger charge is 2.44. The molecule has 2 atom stereocenters. The van der Waals surface area contributed by atoms with Gasteiger partial charge in [-0.15, -0.1) is 0 Å². The van der Waals surface area contributed by atoms with E-state index in [0.717, 1.165) is 11.8 Å². The highest BCUT2D eigenvalue weighted by Crippen LogP contribution is 2.31. The molecule has 6 nitrogen and oxygen atoms in total. The number of nitrogens with zero attached hydrogens (tertiary/aromatic N) is 1. The van der Waals surface area contributed by atoms with Crippen molar-refractivity contribution < 1.29 is 23.1 Å². The van der Waals surface area contributed by atoms with E-state index in [9.17, 15) is 23.1 Å². The number of amides is 1. The van der Waals surface area contributed by atoms with Crippen LogP contribution in [0.1, 0.15) is 18.9 Å². The number of hydrogen-bond donors (Lipinski definition) is 1. The molecule has 1 aromatic rings. The summed E-state index contributed by atoms with van der Waals surface area (Å²) in [5.41, 5.74) is -0.249. The Morgan fingerprint density at radius 1 is 1.30 bits per heavy atom. The van der Waals surface area contributed by atoms with Gasteiger partial charge in [0.25, 0.3) is 0 Å². The van der Waals surface area contributed by atoms with Crippen molar-refractivity contribution in [2.45, 2.75) is 25.0 Å². The summed E-state index contributed by atoms with van der Waals surface area (Å²) in [6, 6.07) is 8.94. The van der Waals surface area contributed by atoms with Gasteiger partial charge in [0.1, 0.15) is 5.25 Å². The number of carbonyl (C=O) groups excluding carboxylic acids is 1. The average molecular weight is 339 g/mol. The molecule has 0 saturated carbocycles. The van der Waals surface area contributed by atoms with Gasteiger partial charge in [-0.05, 0) is 25.3 Å². The van der Waals surface area contributed by atoms with Crippen LogP contribution in [0.2, 0.25) is 0 Å². The van der Waals surface area contributed by atoms with Crippen LogP contribution in [0.25, 0.3) is 0 Å². The summed E-state index contributed by atoms with van der Waals surface area (Å²) in [6.45, 7) is 1.89. The molecule has 0 bridgehead atoms. The molecule has 1 aromatic carbocycles. The van der Waals surface area contributed by atoms with Crippen LogP contribution >= 0.6 is 0 Å². The first-order valence-corrected chi connectivity index (χ1v) is 9.34. The molecule has 23 heavy (non-hydrogen) atoms. The van der Waals surface area contributed by atoms with Gasteiger partial charge in [-0.25, -0.2) is 8.42 Å². The first-order valence-electron chi connectivity index (χ1n) is 7.38. The van der Waals surface area contributed by atoms with E-state index in [1.807, 2.05) is 6.07 Å². The molecule has 7 heteroatoms. The van der Waals surface area contributed by atoms with Crippen LogP contribution in [0.15, 0.2) is 30.3 Å². The maximum Gasteiger partial charge on any atom is 0.311 e. The summed E-state index contributed by atoms with van der Waals surface area (Å²) in [6.07, 6.45) is 1.47. The first kappa shape index (κ1) is 17.5. The number of hydrogen-bond acceptors (Lipinski definition) is 4. The molecule has 0 aromatic heterocycles. The highest BCUT2D eigenvalue weighted by atomic mass is 32.2. The summed E-state index contributed by atoms with van der Waals surface area (Å²) in [5, 5.41) is 8.07. The number of carbonyl (C=O) groups is 2. The van der Waals surface area contributed by atoms with Crippen LogP contribution in [0, 0.1) is 5.41 Å². The number of likely N-dealkylation sites (tertiary alicyclic amines) is 1. The van der Waals surface area contributed by atoms with Crippen molar-refractivity contribution in [3.8, 4) is 0 Å². The van der Waals surface area contributed by atoms with Crippen LogP contribution in [0.3, 0.4) is 0 Å². The zero-order valence-corrected chi connectivity index (χ0v) is 14.0. The fourth-order valence-corrected chi connectivity index (χ4v) is 3.79. The minimum Gasteiger partial charge on any atom is -0.481 e. The van der Waals surface area contributed by atoms with Crippen LogP contribution in [-0.4, -0.2) is 54.9 Å². The van der Waals surface area contributed by atoms with E-state index < -0.39 is 32.4 Å². The lowest BCUT2D eigenvalue weighted by molar-refractivity contribution is -0.147. The van der Waals surface area contributed by atoms with Crippen molar-refractivity contribution in [3.05, 3.63) is 35.9 Å². The van der Waals surface area contributed by atoms with E-state index >= 15 is 0 Å². The molecule has 0 radical (unpaired) electrons. The van der Waals surface area contributed by atoms with Gasteiger partial charge in [0.15, 0.2) is 9.84 Å². The van der Waals surface area contributed by atoms with Gasteiger partial charge in [-0.3, -0.25) is 9.59 Å².